The highest BCUT2D eigenvalue weighted by atomic mass is 32.2. The zero-order valence-corrected chi connectivity index (χ0v) is 11.3. The second kappa shape index (κ2) is 7.06. The Kier molecular flexibility index (Phi) is 5.71. The molecule has 0 aliphatic carbocycles. The molecule has 0 unspecified atom stereocenters. The first-order chi connectivity index (χ1) is 8.60. The molecule has 98 valence electrons. The topological polar surface area (TPSA) is 63.6 Å². The van der Waals surface area contributed by atoms with E-state index in [1.165, 1.54) is 11.8 Å². The lowest BCUT2D eigenvalue weighted by atomic mass is 10.0. The van der Waals surface area contributed by atoms with E-state index in [0.29, 0.717) is 11.1 Å². The Morgan fingerprint density at radius 2 is 2.06 bits per heavy atom. The minimum atomic E-state index is -0.959. The van der Waals surface area contributed by atoms with E-state index in [-0.39, 0.29) is 13.0 Å². The number of carbonyl (C=O) groups is 2. The maximum absolute atomic E-state index is 11.9. The van der Waals surface area contributed by atoms with Crippen molar-refractivity contribution in [1.82, 2.24) is 0 Å². The van der Waals surface area contributed by atoms with Gasteiger partial charge in [0.1, 0.15) is 0 Å². The van der Waals surface area contributed by atoms with Crippen LogP contribution in [0.25, 0.3) is 0 Å². The normalized spacial score (nSPS) is 10.1. The van der Waals surface area contributed by atoms with Gasteiger partial charge in [-0.2, -0.15) is 0 Å². The van der Waals surface area contributed by atoms with Crippen molar-refractivity contribution in [3.05, 3.63) is 29.3 Å². The van der Waals surface area contributed by atoms with Gasteiger partial charge in [-0.05, 0) is 24.3 Å². The largest absolute Gasteiger partial charge is 0.481 e. The number of carbonyl (C=O) groups excluding carboxylic acids is 1. The van der Waals surface area contributed by atoms with E-state index in [0.717, 1.165) is 10.6 Å². The lowest BCUT2D eigenvalue weighted by molar-refractivity contribution is -0.136. The van der Waals surface area contributed by atoms with Gasteiger partial charge in [0.25, 0.3) is 0 Å². The van der Waals surface area contributed by atoms with Crippen LogP contribution < -0.4 is 0 Å². The third-order valence-electron chi connectivity index (χ3n) is 2.23. The van der Waals surface area contributed by atoms with Gasteiger partial charge in [-0.25, -0.2) is 4.79 Å². The fourth-order valence-electron chi connectivity index (χ4n) is 1.60. The molecule has 1 rings (SSSR count). The number of ether oxygens (including phenoxy) is 1. The molecular weight excluding hydrogens is 252 g/mol. The van der Waals surface area contributed by atoms with Crippen molar-refractivity contribution in [2.45, 2.75) is 25.2 Å². The average Bonchev–Trinajstić information content (AvgIpc) is 2.29. The summed E-state index contributed by atoms with van der Waals surface area (Å²) in [6.07, 6.45) is -0.174. The molecule has 0 saturated carbocycles. The lowest BCUT2D eigenvalue weighted by Gasteiger charge is -2.11. The van der Waals surface area contributed by atoms with E-state index in [2.05, 4.69) is 0 Å². The van der Waals surface area contributed by atoms with E-state index in [4.69, 9.17) is 9.84 Å². The standard InChI is InChI=1S/C13H16O4S/c1-3-17-13(16)12-9(8-11(14)15)6-5-7-10(12)18-4-2/h5-7H,3-4,8H2,1-2H3,(H,14,15). The molecule has 0 heterocycles. The summed E-state index contributed by atoms with van der Waals surface area (Å²) >= 11 is 1.50. The van der Waals surface area contributed by atoms with E-state index < -0.39 is 11.9 Å². The molecule has 0 aliphatic rings. The summed E-state index contributed by atoms with van der Waals surface area (Å²) in [6.45, 7) is 3.98. The summed E-state index contributed by atoms with van der Waals surface area (Å²) in [7, 11) is 0. The smallest absolute Gasteiger partial charge is 0.339 e. The molecular formula is C13H16O4S. The fraction of sp³-hybridized carbons (Fsp3) is 0.385. The van der Waals surface area contributed by atoms with Crippen LogP contribution in [-0.4, -0.2) is 29.4 Å². The maximum atomic E-state index is 11.9. The van der Waals surface area contributed by atoms with Gasteiger partial charge in [-0.1, -0.05) is 19.1 Å². The van der Waals surface area contributed by atoms with Gasteiger partial charge >= 0.3 is 11.9 Å². The number of carboxylic acids is 1. The van der Waals surface area contributed by atoms with Gasteiger partial charge in [0.05, 0.1) is 18.6 Å². The molecule has 0 spiro atoms. The van der Waals surface area contributed by atoms with Crippen molar-refractivity contribution in [3.8, 4) is 0 Å². The molecule has 1 aromatic rings. The Bertz CT molecular complexity index is 443. The maximum Gasteiger partial charge on any atom is 0.339 e. The molecule has 0 radical (unpaired) electrons. The summed E-state index contributed by atoms with van der Waals surface area (Å²) in [5.41, 5.74) is 0.882. The third kappa shape index (κ3) is 3.77. The van der Waals surface area contributed by atoms with Crippen molar-refractivity contribution in [2.75, 3.05) is 12.4 Å². The van der Waals surface area contributed by atoms with Crippen molar-refractivity contribution in [1.29, 1.82) is 0 Å². The molecule has 0 amide bonds. The number of benzene rings is 1. The molecule has 0 bridgehead atoms. The number of thioether (sulfide) groups is 1. The van der Waals surface area contributed by atoms with E-state index in [9.17, 15) is 9.59 Å². The number of esters is 1. The van der Waals surface area contributed by atoms with Gasteiger partial charge in [-0.15, -0.1) is 11.8 Å². The van der Waals surface area contributed by atoms with Crippen LogP contribution >= 0.6 is 11.8 Å². The van der Waals surface area contributed by atoms with Crippen molar-refractivity contribution in [3.63, 3.8) is 0 Å². The Labute approximate surface area is 110 Å². The zero-order chi connectivity index (χ0) is 13.5. The van der Waals surface area contributed by atoms with Crippen LogP contribution in [0.4, 0.5) is 0 Å². The summed E-state index contributed by atoms with van der Waals surface area (Å²) in [5, 5.41) is 8.86. The lowest BCUT2D eigenvalue weighted by Crippen LogP contribution is -2.12. The molecule has 0 aliphatic heterocycles. The first-order valence-corrected chi connectivity index (χ1v) is 6.72. The fourth-order valence-corrected chi connectivity index (χ4v) is 2.44. The van der Waals surface area contributed by atoms with Crippen LogP contribution in [0, 0.1) is 0 Å². The molecule has 0 aromatic heterocycles. The predicted molar refractivity (Wildman–Crippen MR) is 70.1 cm³/mol. The quantitative estimate of drug-likeness (QED) is 0.634. The molecule has 1 aromatic carbocycles. The number of rotatable bonds is 6. The summed E-state index contributed by atoms with van der Waals surface area (Å²) in [6, 6.07) is 5.23. The van der Waals surface area contributed by atoms with Crippen LogP contribution in [-0.2, 0) is 16.0 Å². The predicted octanol–water partition coefficient (Wildman–Crippen LogP) is 2.60. The van der Waals surface area contributed by atoms with Gasteiger partial charge in [0.2, 0.25) is 0 Å². The Balaban J connectivity index is 3.19. The van der Waals surface area contributed by atoms with Crippen molar-refractivity contribution in [2.24, 2.45) is 0 Å². The number of hydrogen-bond donors (Lipinski definition) is 1. The second-order valence-electron chi connectivity index (χ2n) is 3.51. The molecule has 0 fully saturated rings. The molecule has 4 nitrogen and oxygen atoms in total. The Morgan fingerprint density at radius 1 is 1.33 bits per heavy atom. The highest BCUT2D eigenvalue weighted by molar-refractivity contribution is 7.99. The molecule has 0 saturated heterocycles. The first kappa shape index (κ1) is 14.6. The molecule has 5 heteroatoms. The second-order valence-corrected chi connectivity index (χ2v) is 4.82. The summed E-state index contributed by atoms with van der Waals surface area (Å²) < 4.78 is 4.99. The van der Waals surface area contributed by atoms with E-state index in [1.54, 1.807) is 19.1 Å². The summed E-state index contributed by atoms with van der Waals surface area (Å²) in [4.78, 5) is 23.5. The van der Waals surface area contributed by atoms with E-state index >= 15 is 0 Å². The van der Waals surface area contributed by atoms with Crippen molar-refractivity contribution >= 4 is 23.7 Å². The molecule has 1 N–H and O–H groups in total. The van der Waals surface area contributed by atoms with Gasteiger partial charge in [0.15, 0.2) is 0 Å². The van der Waals surface area contributed by atoms with Crippen LogP contribution in [0.15, 0.2) is 23.1 Å². The van der Waals surface area contributed by atoms with Crippen molar-refractivity contribution < 1.29 is 19.4 Å². The van der Waals surface area contributed by atoms with Crippen LogP contribution in [0.3, 0.4) is 0 Å². The first-order valence-electron chi connectivity index (χ1n) is 5.73. The Morgan fingerprint density at radius 3 is 2.61 bits per heavy atom. The summed E-state index contributed by atoms with van der Waals surface area (Å²) in [5.74, 6) is -0.604. The van der Waals surface area contributed by atoms with Gasteiger partial charge < -0.3 is 9.84 Å². The number of carboxylic acid groups (broad SMARTS) is 1. The molecule has 0 atom stereocenters. The van der Waals surface area contributed by atoms with Gasteiger partial charge in [0, 0.05) is 4.90 Å². The van der Waals surface area contributed by atoms with Crippen LogP contribution in [0.2, 0.25) is 0 Å². The molecule has 18 heavy (non-hydrogen) atoms. The Hall–Kier alpha value is -1.49. The highest BCUT2D eigenvalue weighted by Gasteiger charge is 2.18. The van der Waals surface area contributed by atoms with Gasteiger partial charge in [-0.3, -0.25) is 4.79 Å². The number of aliphatic carboxylic acids is 1. The number of hydrogen-bond acceptors (Lipinski definition) is 4. The SMILES string of the molecule is CCOC(=O)c1c(CC(=O)O)cccc1SCC. The van der Waals surface area contributed by atoms with E-state index in [1.807, 2.05) is 13.0 Å². The highest BCUT2D eigenvalue weighted by Crippen LogP contribution is 2.26. The minimum absolute atomic E-state index is 0.174. The van der Waals surface area contributed by atoms with Crippen LogP contribution in [0.1, 0.15) is 29.8 Å². The van der Waals surface area contributed by atoms with Crippen LogP contribution in [0.5, 0.6) is 0 Å². The monoisotopic (exact) mass is 268 g/mol. The average molecular weight is 268 g/mol. The minimum Gasteiger partial charge on any atom is -0.481 e. The third-order valence-corrected chi connectivity index (χ3v) is 3.17. The zero-order valence-electron chi connectivity index (χ0n) is 10.4.